The number of aliphatic hydroxyl groups excluding tert-OH is 1. The minimum Gasteiger partial charge on any atom is -0.497 e. The van der Waals surface area contributed by atoms with Gasteiger partial charge in [-0.2, -0.15) is 0 Å². The summed E-state index contributed by atoms with van der Waals surface area (Å²) in [5, 5.41) is 10.3. The number of aliphatic hydroxyl groups is 1. The first-order chi connectivity index (χ1) is 9.28. The van der Waals surface area contributed by atoms with E-state index in [-0.39, 0.29) is 0 Å². The molecule has 0 unspecified atom stereocenters. The van der Waals surface area contributed by atoms with Gasteiger partial charge >= 0.3 is 0 Å². The number of H-pyrrole nitrogens is 1. The molecule has 0 spiro atoms. The first-order valence-electron chi connectivity index (χ1n) is 6.04. The molecule has 2 N–H and O–H groups in total. The molecule has 2 aromatic carbocycles. The molecule has 3 rings (SSSR count). The first kappa shape index (κ1) is 11.7. The quantitative estimate of drug-likeness (QED) is 0.755. The summed E-state index contributed by atoms with van der Waals surface area (Å²) >= 11 is 0. The lowest BCUT2D eigenvalue weighted by Crippen LogP contribution is -2.01. The van der Waals surface area contributed by atoms with Gasteiger partial charge in [0.2, 0.25) is 0 Å². The van der Waals surface area contributed by atoms with Crippen molar-refractivity contribution in [3.8, 4) is 5.75 Å². The van der Waals surface area contributed by atoms with E-state index in [2.05, 4.69) is 9.97 Å². The average Bonchev–Trinajstić information content (AvgIpc) is 2.90. The lowest BCUT2D eigenvalue weighted by molar-refractivity contribution is 0.211. The summed E-state index contributed by atoms with van der Waals surface area (Å²) in [7, 11) is 1.62. The number of hydrogen-bond donors (Lipinski definition) is 2. The lowest BCUT2D eigenvalue weighted by Gasteiger charge is -2.06. The number of ether oxygens (including phenoxy) is 1. The predicted molar refractivity (Wildman–Crippen MR) is 73.1 cm³/mol. The van der Waals surface area contributed by atoms with Crippen molar-refractivity contribution in [2.45, 2.75) is 6.10 Å². The van der Waals surface area contributed by atoms with E-state index >= 15 is 0 Å². The number of rotatable bonds is 3. The maximum atomic E-state index is 10.3. The first-order valence-corrected chi connectivity index (χ1v) is 6.04. The molecule has 1 atom stereocenters. The van der Waals surface area contributed by atoms with Crippen molar-refractivity contribution in [1.29, 1.82) is 0 Å². The smallest absolute Gasteiger partial charge is 0.140 e. The monoisotopic (exact) mass is 254 g/mol. The second kappa shape index (κ2) is 4.74. The third kappa shape index (κ3) is 2.18. The summed E-state index contributed by atoms with van der Waals surface area (Å²) < 4.78 is 5.17. The van der Waals surface area contributed by atoms with Crippen LogP contribution < -0.4 is 4.74 Å². The van der Waals surface area contributed by atoms with Gasteiger partial charge in [0.1, 0.15) is 17.7 Å². The van der Waals surface area contributed by atoms with E-state index in [1.54, 1.807) is 7.11 Å². The standard InChI is InChI=1S/C15H14N2O2/c1-19-11-7-8-12-13(9-11)17-15(16-12)14(18)10-5-3-2-4-6-10/h2-9,14,18H,1H3,(H,16,17)/t14-/m0/s1. The van der Waals surface area contributed by atoms with E-state index < -0.39 is 6.10 Å². The SMILES string of the molecule is COc1ccc2nc([C@@H](O)c3ccccc3)[nH]c2c1. The summed E-state index contributed by atoms with van der Waals surface area (Å²) in [6, 6.07) is 15.0. The molecule has 0 saturated carbocycles. The fourth-order valence-corrected chi connectivity index (χ4v) is 2.06. The predicted octanol–water partition coefficient (Wildman–Crippen LogP) is 2.65. The van der Waals surface area contributed by atoms with Crippen LogP contribution in [0.2, 0.25) is 0 Å². The Morgan fingerprint density at radius 3 is 2.68 bits per heavy atom. The summed E-state index contributed by atoms with van der Waals surface area (Å²) in [6.45, 7) is 0. The molecule has 3 aromatic rings. The number of imidazole rings is 1. The summed E-state index contributed by atoms with van der Waals surface area (Å²) in [5.41, 5.74) is 2.48. The van der Waals surface area contributed by atoms with Crippen LogP contribution in [0.15, 0.2) is 48.5 Å². The molecule has 4 nitrogen and oxygen atoms in total. The van der Waals surface area contributed by atoms with Crippen molar-refractivity contribution in [3.63, 3.8) is 0 Å². The molecule has 0 radical (unpaired) electrons. The maximum absolute atomic E-state index is 10.3. The minimum atomic E-state index is -0.750. The Balaban J connectivity index is 2.01. The summed E-state index contributed by atoms with van der Waals surface area (Å²) in [4.78, 5) is 7.53. The van der Waals surface area contributed by atoms with Gasteiger partial charge in [0.25, 0.3) is 0 Å². The van der Waals surface area contributed by atoms with E-state index in [1.165, 1.54) is 0 Å². The van der Waals surface area contributed by atoms with Crippen molar-refractivity contribution in [3.05, 3.63) is 59.9 Å². The summed E-state index contributed by atoms with van der Waals surface area (Å²) in [6.07, 6.45) is -0.750. The van der Waals surface area contributed by atoms with Crippen LogP contribution in [0.25, 0.3) is 11.0 Å². The fraction of sp³-hybridized carbons (Fsp3) is 0.133. The molecule has 19 heavy (non-hydrogen) atoms. The van der Waals surface area contributed by atoms with E-state index in [4.69, 9.17) is 4.74 Å². The van der Waals surface area contributed by atoms with Crippen LogP contribution >= 0.6 is 0 Å². The molecular weight excluding hydrogens is 240 g/mol. The Bertz CT molecular complexity index is 692. The highest BCUT2D eigenvalue weighted by Gasteiger charge is 2.14. The lowest BCUT2D eigenvalue weighted by atomic mass is 10.1. The highest BCUT2D eigenvalue weighted by molar-refractivity contribution is 5.77. The Morgan fingerprint density at radius 2 is 1.95 bits per heavy atom. The van der Waals surface area contributed by atoms with E-state index in [0.717, 1.165) is 22.3 Å². The third-order valence-corrected chi connectivity index (χ3v) is 3.08. The molecule has 0 amide bonds. The zero-order valence-corrected chi connectivity index (χ0v) is 10.5. The second-order valence-corrected chi connectivity index (χ2v) is 4.32. The molecule has 96 valence electrons. The molecule has 0 bridgehead atoms. The normalized spacial score (nSPS) is 12.5. The molecule has 0 saturated heterocycles. The van der Waals surface area contributed by atoms with Crippen LogP contribution in [0.1, 0.15) is 17.5 Å². The van der Waals surface area contributed by atoms with Crippen molar-refractivity contribution in [2.24, 2.45) is 0 Å². The van der Waals surface area contributed by atoms with Gasteiger partial charge in [0, 0.05) is 6.07 Å². The number of aromatic nitrogens is 2. The molecule has 0 fully saturated rings. The molecule has 0 aliphatic carbocycles. The Hall–Kier alpha value is -2.33. The van der Waals surface area contributed by atoms with Crippen molar-refractivity contribution in [2.75, 3.05) is 7.11 Å². The number of hydrogen-bond acceptors (Lipinski definition) is 3. The van der Waals surface area contributed by atoms with Gasteiger partial charge in [-0.15, -0.1) is 0 Å². The third-order valence-electron chi connectivity index (χ3n) is 3.08. The van der Waals surface area contributed by atoms with Crippen molar-refractivity contribution < 1.29 is 9.84 Å². The zero-order chi connectivity index (χ0) is 13.2. The van der Waals surface area contributed by atoms with E-state index in [0.29, 0.717) is 5.82 Å². The maximum Gasteiger partial charge on any atom is 0.140 e. The minimum absolute atomic E-state index is 0.537. The molecule has 1 heterocycles. The van der Waals surface area contributed by atoms with Gasteiger partial charge in [-0.05, 0) is 17.7 Å². The molecule has 1 aromatic heterocycles. The number of aromatic amines is 1. The van der Waals surface area contributed by atoms with Gasteiger partial charge in [-0.25, -0.2) is 4.98 Å². The number of nitrogens with one attached hydrogen (secondary N) is 1. The molecule has 0 aliphatic rings. The number of benzene rings is 2. The van der Waals surface area contributed by atoms with Crippen LogP contribution in [-0.2, 0) is 0 Å². The van der Waals surface area contributed by atoms with Gasteiger partial charge in [0.15, 0.2) is 0 Å². The average molecular weight is 254 g/mol. The highest BCUT2D eigenvalue weighted by Crippen LogP contribution is 2.24. The van der Waals surface area contributed by atoms with Gasteiger partial charge in [0.05, 0.1) is 18.1 Å². The van der Waals surface area contributed by atoms with Crippen LogP contribution in [0.4, 0.5) is 0 Å². The van der Waals surface area contributed by atoms with Crippen LogP contribution in [0, 0.1) is 0 Å². The Kier molecular flexibility index (Phi) is 2.93. The molecule has 4 heteroatoms. The van der Waals surface area contributed by atoms with Crippen molar-refractivity contribution in [1.82, 2.24) is 9.97 Å². The Morgan fingerprint density at radius 1 is 1.16 bits per heavy atom. The Labute approximate surface area is 110 Å². The van der Waals surface area contributed by atoms with Crippen LogP contribution in [0.3, 0.4) is 0 Å². The highest BCUT2D eigenvalue weighted by atomic mass is 16.5. The number of nitrogens with zero attached hydrogens (tertiary/aromatic N) is 1. The largest absolute Gasteiger partial charge is 0.497 e. The van der Waals surface area contributed by atoms with Gasteiger partial charge in [-0.3, -0.25) is 0 Å². The number of methoxy groups -OCH3 is 1. The van der Waals surface area contributed by atoms with Crippen molar-refractivity contribution >= 4 is 11.0 Å². The van der Waals surface area contributed by atoms with Crippen LogP contribution in [0.5, 0.6) is 5.75 Å². The second-order valence-electron chi connectivity index (χ2n) is 4.32. The van der Waals surface area contributed by atoms with E-state index in [1.807, 2.05) is 48.5 Å². The topological polar surface area (TPSA) is 58.1 Å². The molecular formula is C15H14N2O2. The van der Waals surface area contributed by atoms with Gasteiger partial charge in [-0.1, -0.05) is 30.3 Å². The van der Waals surface area contributed by atoms with E-state index in [9.17, 15) is 5.11 Å². The van der Waals surface area contributed by atoms with Gasteiger partial charge < -0.3 is 14.8 Å². The fourth-order valence-electron chi connectivity index (χ4n) is 2.06. The number of fused-ring (bicyclic) bond motifs is 1. The zero-order valence-electron chi connectivity index (χ0n) is 10.5. The van der Waals surface area contributed by atoms with Crippen LogP contribution in [-0.4, -0.2) is 22.2 Å². The molecule has 0 aliphatic heterocycles. The summed E-state index contributed by atoms with van der Waals surface area (Å²) in [5.74, 6) is 1.30.